The van der Waals surface area contributed by atoms with Gasteiger partial charge in [-0.05, 0) is 12.8 Å². The number of nitrogens with zero attached hydrogens (tertiary/aromatic N) is 3. The highest BCUT2D eigenvalue weighted by Crippen LogP contribution is 2.49. The number of nitro benzene ring substituents is 2. The Hall–Kier alpha value is -2.10. The van der Waals surface area contributed by atoms with Gasteiger partial charge in [-0.15, -0.1) is 0 Å². The van der Waals surface area contributed by atoms with Gasteiger partial charge in [-0.2, -0.15) is 13.2 Å². The van der Waals surface area contributed by atoms with Crippen molar-refractivity contribution >= 4 is 28.7 Å². The van der Waals surface area contributed by atoms with Crippen LogP contribution in [-0.2, 0) is 6.18 Å². The Morgan fingerprint density at radius 3 is 1.92 bits per heavy atom. The molecular formula is C15H19ClF3N3O4. The second-order valence-electron chi connectivity index (χ2n) is 5.66. The maximum atomic E-state index is 13.1. The van der Waals surface area contributed by atoms with Crippen molar-refractivity contribution in [2.24, 2.45) is 0 Å². The summed E-state index contributed by atoms with van der Waals surface area (Å²) < 4.78 is 39.4. The first kappa shape index (κ1) is 21.9. The van der Waals surface area contributed by atoms with Crippen molar-refractivity contribution in [3.05, 3.63) is 36.9 Å². The molecule has 0 saturated carbocycles. The molecule has 11 heteroatoms. The Balaban J connectivity index is 3.77. The molecule has 0 saturated heterocycles. The van der Waals surface area contributed by atoms with Gasteiger partial charge in [-0.25, -0.2) is 0 Å². The highest BCUT2D eigenvalue weighted by Gasteiger charge is 2.43. The van der Waals surface area contributed by atoms with Crippen molar-refractivity contribution in [2.45, 2.75) is 45.7 Å². The predicted octanol–water partition coefficient (Wildman–Crippen LogP) is 5.58. The molecule has 0 aromatic heterocycles. The van der Waals surface area contributed by atoms with Crippen LogP contribution in [0.3, 0.4) is 0 Å². The van der Waals surface area contributed by atoms with Gasteiger partial charge in [-0.1, -0.05) is 38.3 Å². The molecule has 1 aromatic rings. The molecule has 0 unspecified atom stereocenters. The minimum Gasteiger partial charge on any atom is -0.360 e. The Morgan fingerprint density at radius 1 is 1.08 bits per heavy atom. The van der Waals surface area contributed by atoms with Crippen LogP contribution in [0.15, 0.2) is 6.07 Å². The normalized spacial score (nSPS) is 11.5. The zero-order chi connectivity index (χ0) is 20.1. The summed E-state index contributed by atoms with van der Waals surface area (Å²) in [4.78, 5) is 22.1. The lowest BCUT2D eigenvalue weighted by molar-refractivity contribution is -0.393. The smallest absolute Gasteiger partial charge is 0.360 e. The van der Waals surface area contributed by atoms with Gasteiger partial charge in [0.15, 0.2) is 5.69 Å². The van der Waals surface area contributed by atoms with E-state index in [4.69, 9.17) is 11.6 Å². The molecule has 0 aliphatic rings. The number of hydrogen-bond donors (Lipinski definition) is 0. The molecule has 0 heterocycles. The summed E-state index contributed by atoms with van der Waals surface area (Å²) in [6.07, 6.45) is -2.51. The summed E-state index contributed by atoms with van der Waals surface area (Å²) >= 11 is 5.67. The number of hydrogen-bond acceptors (Lipinski definition) is 5. The van der Waals surface area contributed by atoms with E-state index in [1.807, 2.05) is 13.8 Å². The second kappa shape index (κ2) is 9.02. The van der Waals surface area contributed by atoms with Crippen LogP contribution in [0.4, 0.5) is 30.2 Å². The number of alkyl halides is 3. The van der Waals surface area contributed by atoms with Gasteiger partial charge in [0.2, 0.25) is 0 Å². The van der Waals surface area contributed by atoms with Gasteiger partial charge in [0.1, 0.15) is 5.02 Å². The van der Waals surface area contributed by atoms with E-state index >= 15 is 0 Å². The fourth-order valence-corrected chi connectivity index (χ4v) is 2.80. The lowest BCUT2D eigenvalue weighted by Crippen LogP contribution is -2.28. The molecule has 1 aromatic carbocycles. The van der Waals surface area contributed by atoms with E-state index in [1.165, 1.54) is 4.90 Å². The summed E-state index contributed by atoms with van der Waals surface area (Å²) in [6.45, 7) is 4.20. The van der Waals surface area contributed by atoms with Crippen molar-refractivity contribution in [3.63, 3.8) is 0 Å². The standard InChI is InChI=1S/C15H19ClF3N3O4/c1-3-5-7-20(8-6-4-2)13-11(21(23)24)9-10(15(17,18)19)12(16)14(13)22(25)26/h9H,3-8H2,1-2H3. The second-order valence-corrected chi connectivity index (χ2v) is 6.04. The average Bonchev–Trinajstić information content (AvgIpc) is 2.52. The lowest BCUT2D eigenvalue weighted by Gasteiger charge is -2.25. The van der Waals surface area contributed by atoms with Crippen LogP contribution in [0.25, 0.3) is 0 Å². The largest absolute Gasteiger partial charge is 0.418 e. The molecule has 0 fully saturated rings. The molecule has 0 bridgehead atoms. The summed E-state index contributed by atoms with van der Waals surface area (Å²) in [6, 6.07) is 0.273. The highest BCUT2D eigenvalue weighted by atomic mass is 35.5. The minimum atomic E-state index is -5.05. The van der Waals surface area contributed by atoms with Crippen LogP contribution in [-0.4, -0.2) is 22.9 Å². The van der Waals surface area contributed by atoms with Crippen LogP contribution < -0.4 is 4.90 Å². The van der Waals surface area contributed by atoms with E-state index in [1.54, 1.807) is 0 Å². The van der Waals surface area contributed by atoms with Crippen LogP contribution >= 0.6 is 11.6 Å². The van der Waals surface area contributed by atoms with E-state index in [-0.39, 0.29) is 19.2 Å². The third-order valence-corrected chi connectivity index (χ3v) is 4.14. The van der Waals surface area contributed by atoms with Gasteiger partial charge in [0, 0.05) is 19.2 Å². The van der Waals surface area contributed by atoms with Crippen LogP contribution in [0, 0.1) is 20.2 Å². The molecule has 0 atom stereocenters. The summed E-state index contributed by atoms with van der Waals surface area (Å²) in [5.41, 5.74) is -4.12. The fourth-order valence-electron chi connectivity index (χ4n) is 2.48. The predicted molar refractivity (Wildman–Crippen MR) is 91.8 cm³/mol. The molecule has 26 heavy (non-hydrogen) atoms. The van der Waals surface area contributed by atoms with Crippen molar-refractivity contribution in [2.75, 3.05) is 18.0 Å². The lowest BCUT2D eigenvalue weighted by atomic mass is 10.1. The van der Waals surface area contributed by atoms with Crippen molar-refractivity contribution in [1.82, 2.24) is 0 Å². The fraction of sp³-hybridized carbons (Fsp3) is 0.600. The number of anilines is 1. The summed E-state index contributed by atoms with van der Waals surface area (Å²) in [5, 5.41) is 21.7. The first-order valence-corrected chi connectivity index (χ1v) is 8.41. The van der Waals surface area contributed by atoms with Gasteiger partial charge in [0.05, 0.1) is 15.4 Å². The number of nitro groups is 2. The molecule has 0 radical (unpaired) electrons. The summed E-state index contributed by atoms with van der Waals surface area (Å²) in [5.74, 6) is 0. The summed E-state index contributed by atoms with van der Waals surface area (Å²) in [7, 11) is 0. The Morgan fingerprint density at radius 2 is 1.58 bits per heavy atom. The molecule has 146 valence electrons. The molecule has 0 N–H and O–H groups in total. The van der Waals surface area contributed by atoms with Gasteiger partial charge >= 0.3 is 11.9 Å². The number of benzene rings is 1. The molecule has 1 rings (SSSR count). The SMILES string of the molecule is CCCCN(CCCC)c1c([N+](=O)[O-])cc(C(F)(F)F)c(Cl)c1[N+](=O)[O-]. The van der Waals surface area contributed by atoms with Crippen molar-refractivity contribution < 1.29 is 23.0 Å². The average molecular weight is 398 g/mol. The van der Waals surface area contributed by atoms with Gasteiger partial charge in [-0.3, -0.25) is 20.2 Å². The van der Waals surface area contributed by atoms with E-state index in [0.29, 0.717) is 25.7 Å². The molecular weight excluding hydrogens is 379 g/mol. The Bertz CT molecular complexity index is 675. The van der Waals surface area contributed by atoms with Gasteiger partial charge in [0.25, 0.3) is 5.69 Å². The molecule has 0 amide bonds. The third-order valence-electron chi connectivity index (χ3n) is 3.76. The maximum Gasteiger partial charge on any atom is 0.418 e. The van der Waals surface area contributed by atoms with Crippen LogP contribution in [0.5, 0.6) is 0 Å². The van der Waals surface area contributed by atoms with Crippen molar-refractivity contribution in [3.8, 4) is 0 Å². The highest BCUT2D eigenvalue weighted by molar-refractivity contribution is 6.34. The zero-order valence-electron chi connectivity index (χ0n) is 14.3. The third kappa shape index (κ3) is 4.96. The number of rotatable bonds is 9. The number of halogens is 4. The Kier molecular flexibility index (Phi) is 7.61. The van der Waals surface area contributed by atoms with E-state index < -0.39 is 43.7 Å². The molecule has 0 aliphatic carbocycles. The molecule has 0 aliphatic heterocycles. The van der Waals surface area contributed by atoms with E-state index in [9.17, 15) is 33.4 Å². The van der Waals surface area contributed by atoms with Crippen LogP contribution in [0.1, 0.15) is 45.1 Å². The van der Waals surface area contributed by atoms with E-state index in [2.05, 4.69) is 0 Å². The quantitative estimate of drug-likeness (QED) is 0.400. The molecule has 7 nitrogen and oxygen atoms in total. The first-order chi connectivity index (χ1) is 12.1. The number of unbranched alkanes of at least 4 members (excludes halogenated alkanes) is 2. The Labute approximate surface area is 153 Å². The topological polar surface area (TPSA) is 89.5 Å². The zero-order valence-corrected chi connectivity index (χ0v) is 15.1. The molecule has 0 spiro atoms. The van der Waals surface area contributed by atoms with Crippen molar-refractivity contribution in [1.29, 1.82) is 0 Å². The maximum absolute atomic E-state index is 13.1. The van der Waals surface area contributed by atoms with Gasteiger partial charge < -0.3 is 4.90 Å². The monoisotopic (exact) mass is 397 g/mol. The van der Waals surface area contributed by atoms with Crippen LogP contribution in [0.2, 0.25) is 5.02 Å². The minimum absolute atomic E-state index is 0.236. The first-order valence-electron chi connectivity index (χ1n) is 8.03. The van der Waals surface area contributed by atoms with E-state index in [0.717, 1.165) is 0 Å².